The molecule has 3 N–H and O–H groups in total. The van der Waals surface area contributed by atoms with E-state index >= 15 is 0 Å². The maximum Gasteiger partial charge on any atom is 0.141 e. The van der Waals surface area contributed by atoms with Crippen LogP contribution in [0.3, 0.4) is 0 Å². The lowest BCUT2D eigenvalue weighted by molar-refractivity contribution is 0.112. The molecular formula is C15H24N2O2. The fourth-order valence-corrected chi connectivity index (χ4v) is 2.86. The Hall–Kier alpha value is -1.26. The number of nitrogens with two attached hydrogens (primary N) is 1. The highest BCUT2D eigenvalue weighted by Gasteiger charge is 2.21. The molecule has 0 radical (unpaired) electrons. The molecule has 106 valence electrons. The average Bonchev–Trinajstić information content (AvgIpc) is 2.41. The van der Waals surface area contributed by atoms with Crippen LogP contribution in [0.1, 0.15) is 31.2 Å². The third-order valence-electron chi connectivity index (χ3n) is 3.89. The van der Waals surface area contributed by atoms with Gasteiger partial charge in [-0.2, -0.15) is 0 Å². The SMILES string of the molecule is COc1ccc(CN2CCCCC2CCO)cc1N. The van der Waals surface area contributed by atoms with Crippen molar-refractivity contribution >= 4 is 5.69 Å². The van der Waals surface area contributed by atoms with Gasteiger partial charge in [-0.25, -0.2) is 0 Å². The molecule has 1 aromatic carbocycles. The molecule has 0 aliphatic carbocycles. The number of rotatable bonds is 5. The van der Waals surface area contributed by atoms with E-state index in [2.05, 4.69) is 11.0 Å². The molecule has 0 bridgehead atoms. The zero-order chi connectivity index (χ0) is 13.7. The van der Waals surface area contributed by atoms with Gasteiger partial charge in [0.05, 0.1) is 12.8 Å². The number of hydrogen-bond acceptors (Lipinski definition) is 4. The second-order valence-corrected chi connectivity index (χ2v) is 5.21. The number of aliphatic hydroxyl groups excluding tert-OH is 1. The summed E-state index contributed by atoms with van der Waals surface area (Å²) in [5, 5.41) is 9.15. The van der Waals surface area contributed by atoms with Gasteiger partial charge in [-0.3, -0.25) is 4.90 Å². The van der Waals surface area contributed by atoms with E-state index in [0.717, 1.165) is 25.3 Å². The first-order valence-electron chi connectivity index (χ1n) is 7.02. The van der Waals surface area contributed by atoms with Crippen molar-refractivity contribution in [1.29, 1.82) is 0 Å². The van der Waals surface area contributed by atoms with Crippen molar-refractivity contribution in [3.63, 3.8) is 0 Å². The van der Waals surface area contributed by atoms with Gasteiger partial charge < -0.3 is 15.6 Å². The van der Waals surface area contributed by atoms with Crippen LogP contribution in [0.5, 0.6) is 5.75 Å². The molecule has 1 aromatic rings. The number of ether oxygens (including phenoxy) is 1. The molecule has 1 saturated heterocycles. The van der Waals surface area contributed by atoms with Crippen molar-refractivity contribution < 1.29 is 9.84 Å². The van der Waals surface area contributed by atoms with Gasteiger partial charge in [-0.1, -0.05) is 12.5 Å². The number of anilines is 1. The third kappa shape index (κ3) is 3.61. The predicted molar refractivity (Wildman–Crippen MR) is 77.2 cm³/mol. The summed E-state index contributed by atoms with van der Waals surface area (Å²) in [6.07, 6.45) is 4.57. The summed E-state index contributed by atoms with van der Waals surface area (Å²) in [6.45, 7) is 2.28. The van der Waals surface area contributed by atoms with Crippen LogP contribution >= 0.6 is 0 Å². The van der Waals surface area contributed by atoms with Crippen molar-refractivity contribution in [3.05, 3.63) is 23.8 Å². The molecular weight excluding hydrogens is 240 g/mol. The largest absolute Gasteiger partial charge is 0.495 e. The summed E-state index contributed by atoms with van der Waals surface area (Å²) in [5.41, 5.74) is 7.85. The lowest BCUT2D eigenvalue weighted by Crippen LogP contribution is -2.39. The Labute approximate surface area is 115 Å². The lowest BCUT2D eigenvalue weighted by atomic mass is 9.98. The zero-order valence-electron chi connectivity index (χ0n) is 11.6. The number of aliphatic hydroxyl groups is 1. The van der Waals surface area contributed by atoms with E-state index in [1.54, 1.807) is 7.11 Å². The summed E-state index contributed by atoms with van der Waals surface area (Å²) in [5.74, 6) is 0.731. The van der Waals surface area contributed by atoms with E-state index < -0.39 is 0 Å². The van der Waals surface area contributed by atoms with Crippen LogP contribution in [-0.4, -0.2) is 36.3 Å². The van der Waals surface area contributed by atoms with Gasteiger partial charge in [-0.05, 0) is 43.5 Å². The zero-order valence-corrected chi connectivity index (χ0v) is 11.6. The van der Waals surface area contributed by atoms with E-state index in [4.69, 9.17) is 15.6 Å². The quantitative estimate of drug-likeness (QED) is 0.799. The molecule has 1 heterocycles. The van der Waals surface area contributed by atoms with Gasteiger partial charge in [0, 0.05) is 19.2 Å². The Bertz CT molecular complexity index is 407. The van der Waals surface area contributed by atoms with Crippen LogP contribution in [-0.2, 0) is 6.54 Å². The minimum atomic E-state index is 0.270. The van der Waals surface area contributed by atoms with Gasteiger partial charge in [0.25, 0.3) is 0 Å². The molecule has 0 aromatic heterocycles. The van der Waals surface area contributed by atoms with E-state index in [1.165, 1.54) is 24.8 Å². The molecule has 2 rings (SSSR count). The van der Waals surface area contributed by atoms with Crippen molar-refractivity contribution in [2.75, 3.05) is 26.0 Å². The average molecular weight is 264 g/mol. The van der Waals surface area contributed by atoms with Crippen molar-refractivity contribution in [2.45, 2.75) is 38.3 Å². The Kier molecular flexibility index (Phi) is 5.05. The topological polar surface area (TPSA) is 58.7 Å². The Morgan fingerprint density at radius 1 is 1.42 bits per heavy atom. The molecule has 0 amide bonds. The van der Waals surface area contributed by atoms with E-state index in [-0.39, 0.29) is 6.61 Å². The van der Waals surface area contributed by atoms with Gasteiger partial charge >= 0.3 is 0 Å². The third-order valence-corrected chi connectivity index (χ3v) is 3.89. The minimum absolute atomic E-state index is 0.270. The first-order chi connectivity index (χ1) is 9.24. The summed E-state index contributed by atoms with van der Waals surface area (Å²) >= 11 is 0. The monoisotopic (exact) mass is 264 g/mol. The van der Waals surface area contributed by atoms with E-state index in [9.17, 15) is 0 Å². The maximum absolute atomic E-state index is 9.15. The molecule has 4 nitrogen and oxygen atoms in total. The molecule has 1 aliphatic rings. The smallest absolute Gasteiger partial charge is 0.141 e. The molecule has 1 fully saturated rings. The maximum atomic E-state index is 9.15. The van der Waals surface area contributed by atoms with Gasteiger partial charge in [0.1, 0.15) is 5.75 Å². The summed E-state index contributed by atoms with van der Waals surface area (Å²) in [4.78, 5) is 2.46. The van der Waals surface area contributed by atoms with Crippen LogP contribution in [0.4, 0.5) is 5.69 Å². The number of piperidine rings is 1. The lowest BCUT2D eigenvalue weighted by Gasteiger charge is -2.35. The number of hydrogen-bond donors (Lipinski definition) is 2. The standard InChI is InChI=1S/C15H24N2O2/c1-19-15-6-5-12(10-14(15)16)11-17-8-3-2-4-13(17)7-9-18/h5-6,10,13,18H,2-4,7-9,11,16H2,1H3. The van der Waals surface area contributed by atoms with Crippen molar-refractivity contribution in [3.8, 4) is 5.75 Å². The molecule has 0 saturated carbocycles. The Morgan fingerprint density at radius 2 is 2.26 bits per heavy atom. The summed E-state index contributed by atoms with van der Waals surface area (Å²) < 4.78 is 5.18. The molecule has 4 heteroatoms. The molecule has 1 aliphatic heterocycles. The summed E-state index contributed by atoms with van der Waals surface area (Å²) in [7, 11) is 1.63. The number of likely N-dealkylation sites (tertiary alicyclic amines) is 1. The minimum Gasteiger partial charge on any atom is -0.495 e. The Morgan fingerprint density at radius 3 is 2.95 bits per heavy atom. The fraction of sp³-hybridized carbons (Fsp3) is 0.600. The van der Waals surface area contributed by atoms with Crippen LogP contribution in [0, 0.1) is 0 Å². The number of nitrogen functional groups attached to an aromatic ring is 1. The second-order valence-electron chi connectivity index (χ2n) is 5.21. The van der Waals surface area contributed by atoms with Gasteiger partial charge in [0.15, 0.2) is 0 Å². The van der Waals surface area contributed by atoms with Gasteiger partial charge in [-0.15, -0.1) is 0 Å². The van der Waals surface area contributed by atoms with E-state index in [1.807, 2.05) is 12.1 Å². The van der Waals surface area contributed by atoms with Crippen LogP contribution in [0.25, 0.3) is 0 Å². The predicted octanol–water partition coefficient (Wildman–Crippen LogP) is 2.01. The normalized spacial score (nSPS) is 20.4. The number of methoxy groups -OCH3 is 1. The highest BCUT2D eigenvalue weighted by molar-refractivity contribution is 5.54. The molecule has 19 heavy (non-hydrogen) atoms. The molecule has 0 spiro atoms. The first-order valence-corrected chi connectivity index (χ1v) is 7.02. The van der Waals surface area contributed by atoms with Crippen molar-refractivity contribution in [1.82, 2.24) is 4.90 Å². The Balaban J connectivity index is 2.04. The highest BCUT2D eigenvalue weighted by Crippen LogP contribution is 2.25. The van der Waals surface area contributed by atoms with Crippen LogP contribution in [0.2, 0.25) is 0 Å². The van der Waals surface area contributed by atoms with Crippen molar-refractivity contribution in [2.24, 2.45) is 0 Å². The summed E-state index contributed by atoms with van der Waals surface area (Å²) in [6, 6.07) is 6.49. The number of nitrogens with zero attached hydrogens (tertiary/aromatic N) is 1. The molecule has 1 unspecified atom stereocenters. The van der Waals surface area contributed by atoms with Crippen LogP contribution < -0.4 is 10.5 Å². The van der Waals surface area contributed by atoms with Crippen LogP contribution in [0.15, 0.2) is 18.2 Å². The van der Waals surface area contributed by atoms with E-state index in [0.29, 0.717) is 11.7 Å². The second kappa shape index (κ2) is 6.78. The number of benzene rings is 1. The fourth-order valence-electron chi connectivity index (χ4n) is 2.86. The molecule has 1 atom stereocenters. The first kappa shape index (κ1) is 14.2. The van der Waals surface area contributed by atoms with Gasteiger partial charge in [0.2, 0.25) is 0 Å². The highest BCUT2D eigenvalue weighted by atomic mass is 16.5.